The third-order valence-corrected chi connectivity index (χ3v) is 5.35. The number of guanidine groups is 1. The normalized spacial score (nSPS) is 19.9. The quantitative estimate of drug-likeness (QED) is 0.461. The summed E-state index contributed by atoms with van der Waals surface area (Å²) >= 11 is 0. The van der Waals surface area contributed by atoms with E-state index in [1.807, 2.05) is 0 Å². The standard InChI is InChI=1S/C21H35N5/c1-2-22-21(26-13-6-7-14-26)23-11-8-12-24-15-17-25(18-16-24)19-20-9-4-3-5-10-20/h3-5,9-10H,2,6-8,11-19H2,1H3,(H,22,23). The highest BCUT2D eigenvalue weighted by molar-refractivity contribution is 5.80. The lowest BCUT2D eigenvalue weighted by Crippen LogP contribution is -2.46. The molecule has 2 aliphatic rings. The van der Waals surface area contributed by atoms with E-state index in [1.54, 1.807) is 0 Å². The van der Waals surface area contributed by atoms with E-state index in [1.165, 1.54) is 51.1 Å². The van der Waals surface area contributed by atoms with Gasteiger partial charge in [-0.1, -0.05) is 30.3 Å². The fourth-order valence-corrected chi connectivity index (χ4v) is 3.85. The second-order valence-electron chi connectivity index (χ2n) is 7.39. The highest BCUT2D eigenvalue weighted by atomic mass is 15.3. The number of rotatable bonds is 7. The maximum absolute atomic E-state index is 4.85. The van der Waals surface area contributed by atoms with Crippen LogP contribution in [0.2, 0.25) is 0 Å². The molecule has 0 amide bonds. The Morgan fingerprint density at radius 2 is 1.65 bits per heavy atom. The van der Waals surface area contributed by atoms with Gasteiger partial charge in [0.15, 0.2) is 5.96 Å². The summed E-state index contributed by atoms with van der Waals surface area (Å²) in [5.41, 5.74) is 1.42. The lowest BCUT2D eigenvalue weighted by molar-refractivity contribution is 0.127. The fourth-order valence-electron chi connectivity index (χ4n) is 3.85. The van der Waals surface area contributed by atoms with Gasteiger partial charge >= 0.3 is 0 Å². The van der Waals surface area contributed by atoms with E-state index in [4.69, 9.17) is 4.99 Å². The largest absolute Gasteiger partial charge is 0.357 e. The second kappa shape index (κ2) is 10.5. The third-order valence-electron chi connectivity index (χ3n) is 5.35. The van der Waals surface area contributed by atoms with Crippen molar-refractivity contribution in [3.63, 3.8) is 0 Å². The van der Waals surface area contributed by atoms with Gasteiger partial charge in [-0.05, 0) is 31.7 Å². The molecule has 5 nitrogen and oxygen atoms in total. The Morgan fingerprint density at radius 1 is 0.962 bits per heavy atom. The summed E-state index contributed by atoms with van der Waals surface area (Å²) in [4.78, 5) is 12.4. The number of nitrogens with one attached hydrogen (secondary N) is 1. The van der Waals surface area contributed by atoms with Crippen LogP contribution in [0.25, 0.3) is 0 Å². The molecule has 2 saturated heterocycles. The van der Waals surface area contributed by atoms with Crippen LogP contribution in [0.1, 0.15) is 31.7 Å². The van der Waals surface area contributed by atoms with Crippen LogP contribution in [0.4, 0.5) is 0 Å². The lowest BCUT2D eigenvalue weighted by atomic mass is 10.2. The summed E-state index contributed by atoms with van der Waals surface area (Å²) in [5.74, 6) is 1.12. The first kappa shape index (κ1) is 19.2. The molecular formula is C21H35N5. The van der Waals surface area contributed by atoms with E-state index in [0.717, 1.165) is 45.1 Å². The highest BCUT2D eigenvalue weighted by Gasteiger charge is 2.17. The first-order valence-corrected chi connectivity index (χ1v) is 10.4. The molecule has 3 rings (SSSR count). The molecular weight excluding hydrogens is 322 g/mol. The van der Waals surface area contributed by atoms with Gasteiger partial charge in [0.25, 0.3) is 0 Å². The van der Waals surface area contributed by atoms with E-state index in [2.05, 4.69) is 57.3 Å². The van der Waals surface area contributed by atoms with Gasteiger partial charge in [0.1, 0.15) is 0 Å². The average molecular weight is 358 g/mol. The van der Waals surface area contributed by atoms with E-state index in [-0.39, 0.29) is 0 Å². The molecule has 0 aromatic heterocycles. The topological polar surface area (TPSA) is 34.1 Å². The SMILES string of the molecule is CCNC(=NCCCN1CCN(Cc2ccccc2)CC1)N1CCCC1. The van der Waals surface area contributed by atoms with Gasteiger partial charge in [-0.3, -0.25) is 9.89 Å². The number of hydrogen-bond acceptors (Lipinski definition) is 3. The lowest BCUT2D eigenvalue weighted by Gasteiger charge is -2.34. The van der Waals surface area contributed by atoms with Gasteiger partial charge in [0.05, 0.1) is 0 Å². The highest BCUT2D eigenvalue weighted by Crippen LogP contribution is 2.09. The average Bonchev–Trinajstić information content (AvgIpc) is 3.21. The van der Waals surface area contributed by atoms with Crippen molar-refractivity contribution in [2.24, 2.45) is 4.99 Å². The molecule has 0 saturated carbocycles. The van der Waals surface area contributed by atoms with Crippen molar-refractivity contribution in [3.05, 3.63) is 35.9 Å². The summed E-state index contributed by atoms with van der Waals surface area (Å²) in [5, 5.41) is 3.45. The Hall–Kier alpha value is -1.59. The molecule has 1 aromatic carbocycles. The van der Waals surface area contributed by atoms with E-state index < -0.39 is 0 Å². The van der Waals surface area contributed by atoms with Crippen molar-refractivity contribution < 1.29 is 0 Å². The molecule has 1 aromatic rings. The molecule has 2 aliphatic heterocycles. The Kier molecular flexibility index (Phi) is 7.77. The van der Waals surface area contributed by atoms with Crippen LogP contribution in [0.15, 0.2) is 35.3 Å². The van der Waals surface area contributed by atoms with Crippen molar-refractivity contribution in [1.82, 2.24) is 20.0 Å². The number of likely N-dealkylation sites (tertiary alicyclic amines) is 1. The van der Waals surface area contributed by atoms with Gasteiger partial charge < -0.3 is 15.1 Å². The number of nitrogens with zero attached hydrogens (tertiary/aromatic N) is 4. The summed E-state index contributed by atoms with van der Waals surface area (Å²) < 4.78 is 0. The van der Waals surface area contributed by atoms with Crippen LogP contribution in [0.5, 0.6) is 0 Å². The molecule has 0 atom stereocenters. The van der Waals surface area contributed by atoms with Crippen molar-refractivity contribution in [1.29, 1.82) is 0 Å². The monoisotopic (exact) mass is 357 g/mol. The molecule has 0 bridgehead atoms. The fraction of sp³-hybridized carbons (Fsp3) is 0.667. The van der Waals surface area contributed by atoms with E-state index in [9.17, 15) is 0 Å². The number of hydrogen-bond donors (Lipinski definition) is 1. The first-order valence-electron chi connectivity index (χ1n) is 10.4. The maximum Gasteiger partial charge on any atom is 0.193 e. The minimum atomic E-state index is 0.934. The smallest absolute Gasteiger partial charge is 0.193 e. The van der Waals surface area contributed by atoms with Crippen molar-refractivity contribution in [2.75, 3.05) is 58.9 Å². The summed E-state index contributed by atoms with van der Waals surface area (Å²) in [6.07, 6.45) is 3.76. The number of aliphatic imine (C=N–C) groups is 1. The van der Waals surface area contributed by atoms with Gasteiger partial charge in [-0.2, -0.15) is 0 Å². The molecule has 144 valence electrons. The number of piperazine rings is 1. The van der Waals surface area contributed by atoms with Crippen LogP contribution < -0.4 is 5.32 Å². The zero-order chi connectivity index (χ0) is 18.0. The molecule has 0 radical (unpaired) electrons. The van der Waals surface area contributed by atoms with Crippen LogP contribution in [0.3, 0.4) is 0 Å². The van der Waals surface area contributed by atoms with Crippen LogP contribution in [-0.4, -0.2) is 79.6 Å². The Bertz CT molecular complexity index is 531. The molecule has 0 aliphatic carbocycles. The Balaban J connectivity index is 1.33. The first-order chi connectivity index (χ1) is 12.8. The van der Waals surface area contributed by atoms with Crippen LogP contribution in [-0.2, 0) is 6.54 Å². The third kappa shape index (κ3) is 5.99. The molecule has 2 heterocycles. The molecule has 0 unspecified atom stereocenters. The van der Waals surface area contributed by atoms with Gasteiger partial charge in [-0.15, -0.1) is 0 Å². The Labute approximate surface area is 159 Å². The molecule has 26 heavy (non-hydrogen) atoms. The van der Waals surface area contributed by atoms with Gasteiger partial charge in [0, 0.05) is 65.4 Å². The van der Waals surface area contributed by atoms with E-state index in [0.29, 0.717) is 0 Å². The molecule has 0 spiro atoms. The Morgan fingerprint density at radius 3 is 2.35 bits per heavy atom. The minimum Gasteiger partial charge on any atom is -0.357 e. The molecule has 5 heteroatoms. The van der Waals surface area contributed by atoms with Crippen LogP contribution >= 0.6 is 0 Å². The maximum atomic E-state index is 4.85. The molecule has 1 N–H and O–H groups in total. The summed E-state index contributed by atoms with van der Waals surface area (Å²) in [6, 6.07) is 10.8. The van der Waals surface area contributed by atoms with Crippen molar-refractivity contribution in [2.45, 2.75) is 32.7 Å². The van der Waals surface area contributed by atoms with E-state index >= 15 is 0 Å². The zero-order valence-corrected chi connectivity index (χ0v) is 16.4. The zero-order valence-electron chi connectivity index (χ0n) is 16.4. The van der Waals surface area contributed by atoms with Crippen LogP contribution in [0, 0.1) is 0 Å². The minimum absolute atomic E-state index is 0.934. The summed E-state index contributed by atoms with van der Waals surface area (Å²) in [7, 11) is 0. The van der Waals surface area contributed by atoms with Gasteiger partial charge in [0.2, 0.25) is 0 Å². The molecule has 2 fully saturated rings. The predicted octanol–water partition coefficient (Wildman–Crippen LogP) is 2.26. The second-order valence-corrected chi connectivity index (χ2v) is 7.39. The van der Waals surface area contributed by atoms with Crippen molar-refractivity contribution >= 4 is 5.96 Å². The van der Waals surface area contributed by atoms with Crippen molar-refractivity contribution in [3.8, 4) is 0 Å². The predicted molar refractivity (Wildman–Crippen MR) is 110 cm³/mol. The number of benzene rings is 1. The van der Waals surface area contributed by atoms with Gasteiger partial charge in [-0.25, -0.2) is 0 Å². The summed E-state index contributed by atoms with van der Waals surface area (Å²) in [6.45, 7) is 13.3.